The molecule has 0 radical (unpaired) electrons. The van der Waals surface area contributed by atoms with Gasteiger partial charge in [0, 0.05) is 18.4 Å². The van der Waals surface area contributed by atoms with Gasteiger partial charge in [0.25, 0.3) is 0 Å². The summed E-state index contributed by atoms with van der Waals surface area (Å²) < 4.78 is 0. The third-order valence-electron chi connectivity index (χ3n) is 2.81. The third kappa shape index (κ3) is 2.22. The van der Waals surface area contributed by atoms with E-state index in [2.05, 4.69) is 22.2 Å². The maximum atomic E-state index is 4.24. The van der Waals surface area contributed by atoms with Crippen LogP contribution >= 0.6 is 0 Å². The average molecular weight is 191 g/mol. The van der Waals surface area contributed by atoms with Crippen LogP contribution < -0.4 is 5.32 Å². The molecule has 1 aliphatic rings. The van der Waals surface area contributed by atoms with Crippen molar-refractivity contribution < 1.29 is 0 Å². The Morgan fingerprint density at radius 2 is 2.00 bits per heavy atom. The van der Waals surface area contributed by atoms with Gasteiger partial charge in [-0.05, 0) is 37.7 Å². The summed E-state index contributed by atoms with van der Waals surface area (Å²) in [4.78, 5) is 8.49. The van der Waals surface area contributed by atoms with Crippen molar-refractivity contribution in [2.24, 2.45) is 5.92 Å². The topological polar surface area (TPSA) is 37.8 Å². The number of anilines is 1. The highest BCUT2D eigenvalue weighted by Gasteiger charge is 2.21. The second-order valence-corrected chi connectivity index (χ2v) is 4.34. The average Bonchev–Trinajstić information content (AvgIpc) is 2.56. The number of aromatic nitrogens is 2. The molecule has 0 saturated heterocycles. The van der Waals surface area contributed by atoms with Crippen LogP contribution in [0, 0.1) is 12.8 Å². The van der Waals surface area contributed by atoms with E-state index in [1.165, 1.54) is 19.3 Å². The first-order valence-corrected chi connectivity index (χ1v) is 5.29. The van der Waals surface area contributed by atoms with E-state index in [9.17, 15) is 0 Å². The Kier molecular flexibility index (Phi) is 2.66. The number of hydrogen-bond acceptors (Lipinski definition) is 3. The van der Waals surface area contributed by atoms with Gasteiger partial charge in [-0.3, -0.25) is 0 Å². The summed E-state index contributed by atoms with van der Waals surface area (Å²) in [6.45, 7) is 4.30. The minimum absolute atomic E-state index is 0.577. The molecule has 2 atom stereocenters. The lowest BCUT2D eigenvalue weighted by Gasteiger charge is -2.11. The molecule has 1 saturated carbocycles. The molecule has 1 N–H and O–H groups in total. The Balaban J connectivity index is 1.94. The molecule has 0 aliphatic heterocycles. The molecule has 0 bridgehead atoms. The van der Waals surface area contributed by atoms with Crippen LogP contribution in [-0.2, 0) is 0 Å². The molecule has 2 rings (SSSR count). The first-order chi connectivity index (χ1) is 6.74. The number of rotatable bonds is 2. The van der Waals surface area contributed by atoms with Gasteiger partial charge in [0.2, 0.25) is 5.95 Å². The summed E-state index contributed by atoms with van der Waals surface area (Å²) in [6.07, 6.45) is 7.53. The molecule has 1 aromatic heterocycles. The van der Waals surface area contributed by atoms with Crippen molar-refractivity contribution in [2.75, 3.05) is 5.32 Å². The van der Waals surface area contributed by atoms with Crippen LogP contribution in [-0.4, -0.2) is 16.0 Å². The normalized spacial score (nSPS) is 26.4. The zero-order valence-electron chi connectivity index (χ0n) is 8.83. The molecular weight excluding hydrogens is 174 g/mol. The zero-order chi connectivity index (χ0) is 9.97. The molecule has 1 aliphatic carbocycles. The van der Waals surface area contributed by atoms with Gasteiger partial charge < -0.3 is 5.32 Å². The summed E-state index contributed by atoms with van der Waals surface area (Å²) in [5, 5.41) is 3.38. The molecular formula is C11H17N3. The van der Waals surface area contributed by atoms with Crippen LogP contribution in [0.1, 0.15) is 31.7 Å². The van der Waals surface area contributed by atoms with E-state index in [0.717, 1.165) is 17.4 Å². The molecule has 3 heteroatoms. The zero-order valence-corrected chi connectivity index (χ0v) is 8.83. The maximum absolute atomic E-state index is 4.24. The number of nitrogens with one attached hydrogen (secondary N) is 1. The Morgan fingerprint density at radius 3 is 2.57 bits per heavy atom. The minimum atomic E-state index is 0.577. The van der Waals surface area contributed by atoms with Crippen LogP contribution in [0.2, 0.25) is 0 Å². The number of aryl methyl sites for hydroxylation is 1. The molecule has 0 aromatic carbocycles. The fourth-order valence-electron chi connectivity index (χ4n) is 1.99. The molecule has 76 valence electrons. The summed E-state index contributed by atoms with van der Waals surface area (Å²) in [7, 11) is 0. The van der Waals surface area contributed by atoms with Crippen LogP contribution in [0.25, 0.3) is 0 Å². The van der Waals surface area contributed by atoms with E-state index in [4.69, 9.17) is 0 Å². The number of hydrogen-bond donors (Lipinski definition) is 1. The van der Waals surface area contributed by atoms with Gasteiger partial charge >= 0.3 is 0 Å². The van der Waals surface area contributed by atoms with Gasteiger partial charge in [0.1, 0.15) is 0 Å². The molecule has 1 heterocycles. The second kappa shape index (κ2) is 3.95. The van der Waals surface area contributed by atoms with Gasteiger partial charge in [-0.25, -0.2) is 9.97 Å². The lowest BCUT2D eigenvalue weighted by molar-refractivity contribution is 0.601. The van der Waals surface area contributed by atoms with Crippen LogP contribution in [0.4, 0.5) is 5.95 Å². The van der Waals surface area contributed by atoms with Crippen molar-refractivity contribution in [2.45, 2.75) is 39.2 Å². The molecule has 0 spiro atoms. The third-order valence-corrected chi connectivity index (χ3v) is 2.81. The lowest BCUT2D eigenvalue weighted by Crippen LogP contribution is -2.17. The van der Waals surface area contributed by atoms with E-state index < -0.39 is 0 Å². The quantitative estimate of drug-likeness (QED) is 0.780. The summed E-state index contributed by atoms with van der Waals surface area (Å²) in [5.74, 6) is 1.62. The van der Waals surface area contributed by atoms with Crippen molar-refractivity contribution in [3.63, 3.8) is 0 Å². The molecule has 3 nitrogen and oxygen atoms in total. The summed E-state index contributed by atoms with van der Waals surface area (Å²) in [6, 6.07) is 0.577. The SMILES string of the molecule is Cc1cnc(NC2CCC(C)C2)nc1. The van der Waals surface area contributed by atoms with Gasteiger partial charge in [-0.1, -0.05) is 6.92 Å². The van der Waals surface area contributed by atoms with Crippen molar-refractivity contribution >= 4 is 5.95 Å². The lowest BCUT2D eigenvalue weighted by atomic mass is 10.1. The first kappa shape index (κ1) is 9.44. The van der Waals surface area contributed by atoms with E-state index in [-0.39, 0.29) is 0 Å². The molecule has 0 amide bonds. The predicted molar refractivity (Wildman–Crippen MR) is 57.2 cm³/mol. The largest absolute Gasteiger partial charge is 0.351 e. The summed E-state index contributed by atoms with van der Waals surface area (Å²) >= 11 is 0. The van der Waals surface area contributed by atoms with Gasteiger partial charge in [-0.2, -0.15) is 0 Å². The summed E-state index contributed by atoms with van der Waals surface area (Å²) in [5.41, 5.74) is 1.11. The molecule has 2 unspecified atom stereocenters. The standard InChI is InChI=1S/C11H17N3/c1-8-3-4-10(5-8)14-11-12-6-9(2)7-13-11/h6-8,10H,3-5H2,1-2H3,(H,12,13,14). The first-order valence-electron chi connectivity index (χ1n) is 5.29. The van der Waals surface area contributed by atoms with E-state index >= 15 is 0 Å². The Morgan fingerprint density at radius 1 is 1.29 bits per heavy atom. The highest BCUT2D eigenvalue weighted by atomic mass is 15.1. The van der Waals surface area contributed by atoms with E-state index in [0.29, 0.717) is 6.04 Å². The van der Waals surface area contributed by atoms with Gasteiger partial charge in [-0.15, -0.1) is 0 Å². The fourth-order valence-corrected chi connectivity index (χ4v) is 1.99. The number of nitrogens with zero attached hydrogens (tertiary/aromatic N) is 2. The van der Waals surface area contributed by atoms with Gasteiger partial charge in [0.15, 0.2) is 0 Å². The second-order valence-electron chi connectivity index (χ2n) is 4.34. The monoisotopic (exact) mass is 191 g/mol. The predicted octanol–water partition coefficient (Wildman–Crippen LogP) is 2.39. The van der Waals surface area contributed by atoms with Crippen molar-refractivity contribution in [3.8, 4) is 0 Å². The smallest absolute Gasteiger partial charge is 0.222 e. The van der Waals surface area contributed by atoms with Gasteiger partial charge in [0.05, 0.1) is 0 Å². The van der Waals surface area contributed by atoms with Crippen molar-refractivity contribution in [1.82, 2.24) is 9.97 Å². The van der Waals surface area contributed by atoms with Crippen LogP contribution in [0.5, 0.6) is 0 Å². The minimum Gasteiger partial charge on any atom is -0.351 e. The Bertz CT molecular complexity index is 294. The molecule has 1 fully saturated rings. The maximum Gasteiger partial charge on any atom is 0.222 e. The van der Waals surface area contributed by atoms with E-state index in [1.54, 1.807) is 0 Å². The van der Waals surface area contributed by atoms with Crippen LogP contribution in [0.15, 0.2) is 12.4 Å². The fraction of sp³-hybridized carbons (Fsp3) is 0.636. The molecule has 14 heavy (non-hydrogen) atoms. The van der Waals surface area contributed by atoms with Crippen molar-refractivity contribution in [1.29, 1.82) is 0 Å². The highest BCUT2D eigenvalue weighted by molar-refractivity contribution is 5.26. The van der Waals surface area contributed by atoms with Crippen LogP contribution in [0.3, 0.4) is 0 Å². The van der Waals surface area contributed by atoms with Crippen molar-refractivity contribution in [3.05, 3.63) is 18.0 Å². The van der Waals surface area contributed by atoms with E-state index in [1.807, 2.05) is 19.3 Å². The Hall–Kier alpha value is -1.12. The highest BCUT2D eigenvalue weighted by Crippen LogP contribution is 2.26. The molecule has 1 aromatic rings. The Labute approximate surface area is 85.0 Å².